The minimum Gasteiger partial charge on any atom is -0.352 e. The Labute approximate surface area is 88.5 Å². The molecule has 0 spiro atoms. The monoisotopic (exact) mass is 212 g/mol. The van der Waals surface area contributed by atoms with Crippen LogP contribution in [0.2, 0.25) is 5.15 Å². The Balaban J connectivity index is 2.96. The van der Waals surface area contributed by atoms with Crippen molar-refractivity contribution in [2.45, 2.75) is 20.3 Å². The molecule has 1 N–H and O–H groups in total. The van der Waals surface area contributed by atoms with Crippen molar-refractivity contribution in [1.29, 1.82) is 0 Å². The Morgan fingerprint density at radius 1 is 1.50 bits per heavy atom. The molecule has 0 aromatic carbocycles. The SMILES string of the molecule is CCNC(=O)c1cc(Cl)nc(CC)c1. The van der Waals surface area contributed by atoms with Crippen molar-refractivity contribution in [1.82, 2.24) is 10.3 Å². The largest absolute Gasteiger partial charge is 0.352 e. The molecule has 0 aliphatic heterocycles. The highest BCUT2D eigenvalue weighted by atomic mass is 35.5. The van der Waals surface area contributed by atoms with E-state index in [0.717, 1.165) is 12.1 Å². The first-order chi connectivity index (χ1) is 6.67. The molecule has 0 unspecified atom stereocenters. The van der Waals surface area contributed by atoms with Crippen LogP contribution in [0.25, 0.3) is 0 Å². The lowest BCUT2D eigenvalue weighted by atomic mass is 10.2. The number of nitrogens with zero attached hydrogens (tertiary/aromatic N) is 1. The molecule has 1 aromatic heterocycles. The van der Waals surface area contributed by atoms with Gasteiger partial charge in [0.05, 0.1) is 0 Å². The third-order valence-electron chi connectivity index (χ3n) is 1.81. The van der Waals surface area contributed by atoms with E-state index in [1.165, 1.54) is 0 Å². The van der Waals surface area contributed by atoms with Gasteiger partial charge in [-0.2, -0.15) is 0 Å². The van der Waals surface area contributed by atoms with Gasteiger partial charge in [-0.3, -0.25) is 4.79 Å². The Morgan fingerprint density at radius 2 is 2.21 bits per heavy atom. The summed E-state index contributed by atoms with van der Waals surface area (Å²) in [4.78, 5) is 15.5. The van der Waals surface area contributed by atoms with Gasteiger partial charge in [-0.05, 0) is 25.5 Å². The molecule has 0 atom stereocenters. The van der Waals surface area contributed by atoms with Crippen molar-refractivity contribution < 1.29 is 4.79 Å². The standard InChI is InChI=1S/C10H13ClN2O/c1-3-8-5-7(6-9(11)13-8)10(14)12-4-2/h5-6H,3-4H2,1-2H3,(H,12,14). The van der Waals surface area contributed by atoms with Crippen LogP contribution in [0.3, 0.4) is 0 Å². The molecule has 0 aliphatic rings. The molecule has 0 radical (unpaired) electrons. The van der Waals surface area contributed by atoms with Gasteiger partial charge in [-0.25, -0.2) is 4.98 Å². The van der Waals surface area contributed by atoms with Crippen LogP contribution in [-0.2, 0) is 6.42 Å². The van der Waals surface area contributed by atoms with Crippen LogP contribution in [0.4, 0.5) is 0 Å². The predicted molar refractivity (Wildman–Crippen MR) is 56.6 cm³/mol. The van der Waals surface area contributed by atoms with Crippen molar-refractivity contribution in [3.05, 3.63) is 28.5 Å². The second-order valence-corrected chi connectivity index (χ2v) is 3.27. The van der Waals surface area contributed by atoms with Gasteiger partial charge >= 0.3 is 0 Å². The van der Waals surface area contributed by atoms with E-state index in [0.29, 0.717) is 17.3 Å². The van der Waals surface area contributed by atoms with Crippen LogP contribution >= 0.6 is 11.6 Å². The normalized spacial score (nSPS) is 9.93. The van der Waals surface area contributed by atoms with Gasteiger partial charge in [0.1, 0.15) is 5.15 Å². The number of nitrogens with one attached hydrogen (secondary N) is 1. The van der Waals surface area contributed by atoms with Crippen molar-refractivity contribution in [3.8, 4) is 0 Å². The maximum absolute atomic E-state index is 11.5. The molecule has 0 bridgehead atoms. The molecule has 0 saturated heterocycles. The fourth-order valence-corrected chi connectivity index (χ4v) is 1.35. The first-order valence-electron chi connectivity index (χ1n) is 4.62. The van der Waals surface area contributed by atoms with E-state index >= 15 is 0 Å². The number of aromatic nitrogens is 1. The van der Waals surface area contributed by atoms with Crippen molar-refractivity contribution in [3.63, 3.8) is 0 Å². The van der Waals surface area contributed by atoms with Gasteiger partial charge in [0.2, 0.25) is 0 Å². The smallest absolute Gasteiger partial charge is 0.251 e. The van der Waals surface area contributed by atoms with Crippen LogP contribution < -0.4 is 5.32 Å². The third kappa shape index (κ3) is 2.70. The third-order valence-corrected chi connectivity index (χ3v) is 2.00. The maximum Gasteiger partial charge on any atom is 0.251 e. The molecule has 1 aromatic rings. The van der Waals surface area contributed by atoms with Crippen LogP contribution in [0.15, 0.2) is 12.1 Å². The maximum atomic E-state index is 11.5. The van der Waals surface area contributed by atoms with Gasteiger partial charge in [0.15, 0.2) is 0 Å². The summed E-state index contributed by atoms with van der Waals surface area (Å²) in [5.74, 6) is -0.105. The first kappa shape index (κ1) is 11.0. The molecule has 4 heteroatoms. The number of carbonyl (C=O) groups is 1. The van der Waals surface area contributed by atoms with Crippen molar-refractivity contribution in [2.75, 3.05) is 6.54 Å². The number of halogens is 1. The Bertz CT molecular complexity index is 339. The Kier molecular flexibility index (Phi) is 3.89. The van der Waals surface area contributed by atoms with Crippen molar-refractivity contribution >= 4 is 17.5 Å². The molecule has 0 saturated carbocycles. The lowest BCUT2D eigenvalue weighted by molar-refractivity contribution is 0.0955. The van der Waals surface area contributed by atoms with Crippen LogP contribution in [0.5, 0.6) is 0 Å². The lowest BCUT2D eigenvalue weighted by Gasteiger charge is -2.04. The second-order valence-electron chi connectivity index (χ2n) is 2.88. The van der Waals surface area contributed by atoms with E-state index < -0.39 is 0 Å². The Morgan fingerprint density at radius 3 is 2.79 bits per heavy atom. The van der Waals surface area contributed by atoms with Gasteiger partial charge in [0.25, 0.3) is 5.91 Å². The number of hydrogen-bond acceptors (Lipinski definition) is 2. The fourth-order valence-electron chi connectivity index (χ4n) is 1.13. The summed E-state index contributed by atoms with van der Waals surface area (Å²) in [5, 5.41) is 3.08. The summed E-state index contributed by atoms with van der Waals surface area (Å²) in [6, 6.07) is 3.34. The summed E-state index contributed by atoms with van der Waals surface area (Å²) in [7, 11) is 0. The quantitative estimate of drug-likeness (QED) is 0.780. The summed E-state index contributed by atoms with van der Waals surface area (Å²) < 4.78 is 0. The molecule has 0 fully saturated rings. The van der Waals surface area contributed by atoms with E-state index in [2.05, 4.69) is 10.3 Å². The number of hydrogen-bond donors (Lipinski definition) is 1. The zero-order valence-electron chi connectivity index (χ0n) is 8.30. The summed E-state index contributed by atoms with van der Waals surface area (Å²) >= 11 is 5.78. The topological polar surface area (TPSA) is 42.0 Å². The minimum atomic E-state index is -0.105. The zero-order chi connectivity index (χ0) is 10.6. The molecule has 1 rings (SSSR count). The van der Waals surface area contributed by atoms with Gasteiger partial charge in [-0.1, -0.05) is 18.5 Å². The highest BCUT2D eigenvalue weighted by Crippen LogP contribution is 2.11. The van der Waals surface area contributed by atoms with Crippen LogP contribution in [0.1, 0.15) is 29.9 Å². The van der Waals surface area contributed by atoms with Gasteiger partial charge in [0, 0.05) is 17.8 Å². The Hall–Kier alpha value is -1.09. The second kappa shape index (κ2) is 4.96. The molecule has 76 valence electrons. The van der Waals surface area contributed by atoms with Gasteiger partial charge in [-0.15, -0.1) is 0 Å². The predicted octanol–water partition coefficient (Wildman–Crippen LogP) is 2.05. The number of carbonyl (C=O) groups excluding carboxylic acids is 1. The fraction of sp³-hybridized carbons (Fsp3) is 0.400. The van der Waals surface area contributed by atoms with E-state index in [1.54, 1.807) is 12.1 Å². The molecule has 1 amide bonds. The number of amides is 1. The molecular weight excluding hydrogens is 200 g/mol. The summed E-state index contributed by atoms with van der Waals surface area (Å²) in [5.41, 5.74) is 1.41. The minimum absolute atomic E-state index is 0.105. The van der Waals surface area contributed by atoms with Crippen molar-refractivity contribution in [2.24, 2.45) is 0 Å². The average molecular weight is 213 g/mol. The molecular formula is C10H13ClN2O. The summed E-state index contributed by atoms with van der Waals surface area (Å²) in [6.45, 7) is 4.46. The van der Waals surface area contributed by atoms with E-state index in [-0.39, 0.29) is 5.91 Å². The molecule has 0 aliphatic carbocycles. The van der Waals surface area contributed by atoms with Crippen LogP contribution in [0, 0.1) is 0 Å². The highest BCUT2D eigenvalue weighted by Gasteiger charge is 2.06. The van der Waals surface area contributed by atoms with Gasteiger partial charge < -0.3 is 5.32 Å². The number of rotatable bonds is 3. The van der Waals surface area contributed by atoms with E-state index in [9.17, 15) is 4.79 Å². The van der Waals surface area contributed by atoms with E-state index in [4.69, 9.17) is 11.6 Å². The molecule has 14 heavy (non-hydrogen) atoms. The van der Waals surface area contributed by atoms with Crippen LogP contribution in [-0.4, -0.2) is 17.4 Å². The molecule has 3 nitrogen and oxygen atoms in total. The first-order valence-corrected chi connectivity index (χ1v) is 4.99. The lowest BCUT2D eigenvalue weighted by Crippen LogP contribution is -2.22. The van der Waals surface area contributed by atoms with E-state index in [1.807, 2.05) is 13.8 Å². The highest BCUT2D eigenvalue weighted by molar-refractivity contribution is 6.29. The summed E-state index contributed by atoms with van der Waals surface area (Å²) in [6.07, 6.45) is 0.771. The number of pyridine rings is 1. The zero-order valence-corrected chi connectivity index (χ0v) is 9.06. The molecule has 1 heterocycles. The number of aryl methyl sites for hydroxylation is 1. The average Bonchev–Trinajstić information content (AvgIpc) is 2.17.